The standard InChI is InChI=1S/C14H18N6S/c1-3-10(11-6-5-7-21-11)17-12-9-8-16-20-13(9)19-14(18-12)15-4-2/h5-8,10H,3-4H2,1-2H3,(H3,15,16,17,18,19,20). The molecule has 7 heteroatoms. The third-order valence-corrected chi connectivity index (χ3v) is 4.24. The molecule has 0 fully saturated rings. The molecule has 0 amide bonds. The zero-order chi connectivity index (χ0) is 14.7. The van der Waals surface area contributed by atoms with Gasteiger partial charge in [0.1, 0.15) is 5.82 Å². The van der Waals surface area contributed by atoms with E-state index in [1.54, 1.807) is 17.5 Å². The van der Waals surface area contributed by atoms with E-state index in [4.69, 9.17) is 0 Å². The van der Waals surface area contributed by atoms with Crippen LogP contribution in [0.1, 0.15) is 31.2 Å². The van der Waals surface area contributed by atoms with Crippen LogP contribution in [-0.2, 0) is 0 Å². The molecule has 6 nitrogen and oxygen atoms in total. The van der Waals surface area contributed by atoms with Gasteiger partial charge in [-0.25, -0.2) is 0 Å². The topological polar surface area (TPSA) is 78.5 Å². The third-order valence-electron chi connectivity index (χ3n) is 3.25. The average Bonchev–Trinajstić information content (AvgIpc) is 3.15. The quantitative estimate of drug-likeness (QED) is 0.650. The molecule has 3 aromatic rings. The maximum absolute atomic E-state index is 4.57. The van der Waals surface area contributed by atoms with Gasteiger partial charge < -0.3 is 10.6 Å². The van der Waals surface area contributed by atoms with E-state index in [0.29, 0.717) is 5.95 Å². The number of aromatic amines is 1. The van der Waals surface area contributed by atoms with Gasteiger partial charge in [-0.1, -0.05) is 13.0 Å². The van der Waals surface area contributed by atoms with Gasteiger partial charge in [0, 0.05) is 11.4 Å². The highest BCUT2D eigenvalue weighted by Crippen LogP contribution is 2.28. The Morgan fingerprint density at radius 3 is 2.95 bits per heavy atom. The Labute approximate surface area is 127 Å². The van der Waals surface area contributed by atoms with Crippen LogP contribution in [0.3, 0.4) is 0 Å². The molecule has 3 rings (SSSR count). The Morgan fingerprint density at radius 2 is 2.24 bits per heavy atom. The number of hydrogen-bond acceptors (Lipinski definition) is 6. The number of H-pyrrole nitrogens is 1. The molecule has 21 heavy (non-hydrogen) atoms. The summed E-state index contributed by atoms with van der Waals surface area (Å²) in [5.41, 5.74) is 0.740. The van der Waals surface area contributed by atoms with Crippen molar-refractivity contribution < 1.29 is 0 Å². The average molecular weight is 302 g/mol. The Kier molecular flexibility index (Phi) is 4.01. The number of aromatic nitrogens is 4. The molecular weight excluding hydrogens is 284 g/mol. The molecule has 0 aliphatic heterocycles. The normalized spacial score (nSPS) is 12.5. The lowest BCUT2D eigenvalue weighted by Crippen LogP contribution is -2.11. The van der Waals surface area contributed by atoms with Crippen molar-refractivity contribution in [3.8, 4) is 0 Å². The molecule has 0 radical (unpaired) electrons. The van der Waals surface area contributed by atoms with Gasteiger partial charge >= 0.3 is 0 Å². The molecule has 0 bridgehead atoms. The van der Waals surface area contributed by atoms with E-state index >= 15 is 0 Å². The minimum atomic E-state index is 0.243. The molecular formula is C14H18N6S. The number of thiophene rings is 1. The van der Waals surface area contributed by atoms with Crippen molar-refractivity contribution in [2.75, 3.05) is 17.2 Å². The van der Waals surface area contributed by atoms with Crippen LogP contribution in [-0.4, -0.2) is 26.7 Å². The molecule has 1 atom stereocenters. The first-order valence-electron chi connectivity index (χ1n) is 7.06. The second-order valence-electron chi connectivity index (χ2n) is 4.68. The van der Waals surface area contributed by atoms with Crippen molar-refractivity contribution in [2.45, 2.75) is 26.3 Å². The minimum absolute atomic E-state index is 0.243. The SMILES string of the molecule is CCNc1nc(NC(CC)c2cccs2)c2cn[nH]c2n1. The Balaban J connectivity index is 1.96. The molecule has 110 valence electrons. The van der Waals surface area contributed by atoms with Crippen molar-refractivity contribution in [3.05, 3.63) is 28.6 Å². The van der Waals surface area contributed by atoms with Crippen LogP contribution in [0.4, 0.5) is 11.8 Å². The molecule has 3 heterocycles. The van der Waals surface area contributed by atoms with Gasteiger partial charge in [-0.3, -0.25) is 5.10 Å². The van der Waals surface area contributed by atoms with Gasteiger partial charge in [0.2, 0.25) is 5.95 Å². The van der Waals surface area contributed by atoms with E-state index in [1.807, 2.05) is 6.92 Å². The fraction of sp³-hybridized carbons (Fsp3) is 0.357. The second-order valence-corrected chi connectivity index (χ2v) is 5.66. The molecule has 0 saturated carbocycles. The van der Waals surface area contributed by atoms with Crippen molar-refractivity contribution in [2.24, 2.45) is 0 Å². The third kappa shape index (κ3) is 2.82. The number of hydrogen-bond donors (Lipinski definition) is 3. The van der Waals surface area contributed by atoms with Crippen LogP contribution in [0.5, 0.6) is 0 Å². The van der Waals surface area contributed by atoms with Crippen LogP contribution < -0.4 is 10.6 Å². The van der Waals surface area contributed by atoms with Crippen molar-refractivity contribution in [1.82, 2.24) is 20.2 Å². The highest BCUT2D eigenvalue weighted by molar-refractivity contribution is 7.10. The van der Waals surface area contributed by atoms with E-state index in [-0.39, 0.29) is 6.04 Å². The summed E-state index contributed by atoms with van der Waals surface area (Å²) in [4.78, 5) is 10.3. The second kappa shape index (κ2) is 6.09. The Morgan fingerprint density at radius 1 is 1.33 bits per heavy atom. The number of anilines is 2. The fourth-order valence-corrected chi connectivity index (χ4v) is 3.07. The highest BCUT2D eigenvalue weighted by Gasteiger charge is 2.15. The first-order chi connectivity index (χ1) is 10.3. The molecule has 0 aliphatic rings. The highest BCUT2D eigenvalue weighted by atomic mass is 32.1. The summed E-state index contributed by atoms with van der Waals surface area (Å²) in [7, 11) is 0. The number of nitrogens with zero attached hydrogens (tertiary/aromatic N) is 3. The number of nitrogens with one attached hydrogen (secondary N) is 3. The Hall–Kier alpha value is -2.15. The van der Waals surface area contributed by atoms with Crippen LogP contribution in [0.2, 0.25) is 0 Å². The van der Waals surface area contributed by atoms with Crippen LogP contribution >= 0.6 is 11.3 Å². The summed E-state index contributed by atoms with van der Waals surface area (Å²) in [6.07, 6.45) is 2.74. The zero-order valence-corrected chi connectivity index (χ0v) is 12.9. The zero-order valence-electron chi connectivity index (χ0n) is 12.1. The summed E-state index contributed by atoms with van der Waals surface area (Å²) in [5, 5.41) is 16.6. The summed E-state index contributed by atoms with van der Waals surface area (Å²) in [5.74, 6) is 1.42. The van der Waals surface area contributed by atoms with Gasteiger partial charge in [0.05, 0.1) is 17.6 Å². The lowest BCUT2D eigenvalue weighted by molar-refractivity contribution is 0.760. The number of rotatable bonds is 6. The molecule has 3 aromatic heterocycles. The first-order valence-corrected chi connectivity index (χ1v) is 7.94. The van der Waals surface area contributed by atoms with Crippen molar-refractivity contribution in [1.29, 1.82) is 0 Å². The molecule has 0 aliphatic carbocycles. The van der Waals surface area contributed by atoms with Crippen LogP contribution in [0.15, 0.2) is 23.7 Å². The maximum atomic E-state index is 4.57. The molecule has 0 saturated heterocycles. The summed E-state index contributed by atoms with van der Waals surface area (Å²) >= 11 is 1.75. The van der Waals surface area contributed by atoms with E-state index in [2.05, 4.69) is 55.2 Å². The van der Waals surface area contributed by atoms with E-state index in [0.717, 1.165) is 29.8 Å². The maximum Gasteiger partial charge on any atom is 0.226 e. The largest absolute Gasteiger partial charge is 0.362 e. The molecule has 1 unspecified atom stereocenters. The Bertz CT molecular complexity index is 705. The predicted octanol–water partition coefficient (Wildman–Crippen LogP) is 3.41. The smallest absolute Gasteiger partial charge is 0.226 e. The van der Waals surface area contributed by atoms with Crippen molar-refractivity contribution >= 4 is 34.1 Å². The summed E-state index contributed by atoms with van der Waals surface area (Å²) in [6.45, 7) is 4.96. The first kappa shape index (κ1) is 13.8. The lowest BCUT2D eigenvalue weighted by Gasteiger charge is -2.17. The fourth-order valence-electron chi connectivity index (χ4n) is 2.21. The number of fused-ring (bicyclic) bond motifs is 1. The summed E-state index contributed by atoms with van der Waals surface area (Å²) < 4.78 is 0. The van der Waals surface area contributed by atoms with E-state index in [9.17, 15) is 0 Å². The lowest BCUT2D eigenvalue weighted by atomic mass is 10.2. The van der Waals surface area contributed by atoms with E-state index in [1.165, 1.54) is 4.88 Å². The molecule has 0 aromatic carbocycles. The predicted molar refractivity (Wildman–Crippen MR) is 86.8 cm³/mol. The van der Waals surface area contributed by atoms with Gasteiger partial charge in [-0.05, 0) is 24.8 Å². The van der Waals surface area contributed by atoms with Gasteiger partial charge in [-0.2, -0.15) is 15.1 Å². The van der Waals surface area contributed by atoms with Crippen LogP contribution in [0.25, 0.3) is 11.0 Å². The molecule has 3 N–H and O–H groups in total. The minimum Gasteiger partial charge on any atom is -0.362 e. The monoisotopic (exact) mass is 302 g/mol. The summed E-state index contributed by atoms with van der Waals surface area (Å²) in [6, 6.07) is 4.46. The van der Waals surface area contributed by atoms with Crippen LogP contribution in [0, 0.1) is 0 Å². The van der Waals surface area contributed by atoms with Gasteiger partial charge in [0.15, 0.2) is 5.65 Å². The van der Waals surface area contributed by atoms with Gasteiger partial charge in [-0.15, -0.1) is 11.3 Å². The molecule has 0 spiro atoms. The van der Waals surface area contributed by atoms with E-state index < -0.39 is 0 Å². The van der Waals surface area contributed by atoms with Crippen molar-refractivity contribution in [3.63, 3.8) is 0 Å². The van der Waals surface area contributed by atoms with Gasteiger partial charge in [0.25, 0.3) is 0 Å².